The molecule has 1 aliphatic carbocycles. The van der Waals surface area contributed by atoms with E-state index in [0.29, 0.717) is 19.0 Å². The van der Waals surface area contributed by atoms with Crippen LogP contribution in [-0.2, 0) is 11.8 Å². The summed E-state index contributed by atoms with van der Waals surface area (Å²) in [5.74, 6) is -3.08. The number of halogens is 2. The lowest BCUT2D eigenvalue weighted by Gasteiger charge is -2.56. The van der Waals surface area contributed by atoms with E-state index < -0.39 is 11.8 Å². The van der Waals surface area contributed by atoms with E-state index in [9.17, 15) is 13.6 Å². The molecule has 2 aromatic heterocycles. The van der Waals surface area contributed by atoms with Crippen molar-refractivity contribution >= 4 is 23.4 Å². The van der Waals surface area contributed by atoms with E-state index in [1.165, 1.54) is 0 Å². The molecule has 0 spiro atoms. The van der Waals surface area contributed by atoms with Crippen molar-refractivity contribution in [1.29, 1.82) is 0 Å². The van der Waals surface area contributed by atoms with Crippen LogP contribution in [0.5, 0.6) is 0 Å². The van der Waals surface area contributed by atoms with Crippen LogP contribution in [0.2, 0.25) is 0 Å². The van der Waals surface area contributed by atoms with E-state index in [4.69, 9.17) is 0 Å². The van der Waals surface area contributed by atoms with Crippen LogP contribution in [0.3, 0.4) is 0 Å². The average molecular weight is 375 g/mol. The lowest BCUT2D eigenvalue weighted by molar-refractivity contribution is -0.150. The highest BCUT2D eigenvalue weighted by atomic mass is 19.3. The second-order valence-electron chi connectivity index (χ2n) is 7.48. The number of hydrogen-bond acceptors (Lipinski definition) is 6. The van der Waals surface area contributed by atoms with Crippen molar-refractivity contribution in [3.63, 3.8) is 0 Å². The third-order valence-electron chi connectivity index (χ3n) is 5.50. The largest absolute Gasteiger partial charge is 0.352 e. The molecule has 3 atom stereocenters. The molecule has 1 N–H and O–H groups in total. The van der Waals surface area contributed by atoms with E-state index in [1.807, 2.05) is 19.3 Å². The normalized spacial score (nSPS) is 27.9. The van der Waals surface area contributed by atoms with Crippen LogP contribution in [0.4, 0.5) is 26.2 Å². The molecule has 4 aliphatic rings. The number of rotatable bonds is 4. The molecular formula is C17H19F2N7O. The highest BCUT2D eigenvalue weighted by Gasteiger charge is 2.64. The molecule has 1 amide bonds. The molecule has 0 aromatic carbocycles. The molecule has 2 aromatic rings. The zero-order chi connectivity index (χ0) is 18.8. The standard InChI is InChI=1S/C17H19F2N7O/c1-24-7-10(6-21-24)22-16-20-3-2-14(23-16)25-8-11-4-12(9-25)26(11)15(27)13-5-17(13,18)19/h2-3,6-7,11-13H,4-5,8-9H2,1H3,(H,20,22,23)/t11-,12+,13-/m0/s1. The van der Waals surface area contributed by atoms with Gasteiger partial charge in [-0.25, -0.2) is 13.8 Å². The maximum absolute atomic E-state index is 13.2. The third-order valence-corrected chi connectivity index (χ3v) is 5.50. The molecule has 142 valence electrons. The number of carbonyl (C=O) groups excluding carboxylic acids is 1. The second-order valence-corrected chi connectivity index (χ2v) is 7.48. The van der Waals surface area contributed by atoms with Gasteiger partial charge < -0.3 is 15.1 Å². The van der Waals surface area contributed by atoms with Crippen molar-refractivity contribution in [3.05, 3.63) is 24.7 Å². The summed E-state index contributed by atoms with van der Waals surface area (Å²) in [6, 6.07) is 1.79. The van der Waals surface area contributed by atoms with Crippen LogP contribution in [0.1, 0.15) is 12.8 Å². The Bertz CT molecular complexity index is 889. The Kier molecular flexibility index (Phi) is 3.40. The zero-order valence-corrected chi connectivity index (χ0v) is 14.7. The molecule has 3 saturated heterocycles. The van der Waals surface area contributed by atoms with E-state index in [0.717, 1.165) is 17.9 Å². The summed E-state index contributed by atoms with van der Waals surface area (Å²) < 4.78 is 28.1. The van der Waals surface area contributed by atoms with E-state index >= 15 is 0 Å². The van der Waals surface area contributed by atoms with Gasteiger partial charge >= 0.3 is 0 Å². The smallest absolute Gasteiger partial charge is 0.260 e. The number of hydrogen-bond donors (Lipinski definition) is 1. The van der Waals surface area contributed by atoms with Crippen molar-refractivity contribution in [1.82, 2.24) is 24.6 Å². The quantitative estimate of drug-likeness (QED) is 0.870. The second kappa shape index (κ2) is 5.61. The number of anilines is 3. The fraction of sp³-hybridized carbons (Fsp3) is 0.529. The Balaban J connectivity index is 1.26. The van der Waals surface area contributed by atoms with Crippen molar-refractivity contribution in [2.45, 2.75) is 30.8 Å². The van der Waals surface area contributed by atoms with E-state index in [-0.39, 0.29) is 24.4 Å². The minimum Gasteiger partial charge on any atom is -0.352 e. The Morgan fingerprint density at radius 2 is 2.07 bits per heavy atom. The maximum Gasteiger partial charge on any atom is 0.260 e. The van der Waals surface area contributed by atoms with Gasteiger partial charge in [0.2, 0.25) is 11.9 Å². The van der Waals surface area contributed by atoms with Crippen molar-refractivity contribution in [3.8, 4) is 0 Å². The van der Waals surface area contributed by atoms with Crippen LogP contribution in [0.25, 0.3) is 0 Å². The first-order valence-corrected chi connectivity index (χ1v) is 8.94. The van der Waals surface area contributed by atoms with E-state index in [2.05, 4.69) is 25.3 Å². The highest BCUT2D eigenvalue weighted by Crippen LogP contribution is 2.51. The molecule has 4 fully saturated rings. The number of fused-ring (bicyclic) bond motifs is 2. The SMILES string of the molecule is Cn1cc(Nc2nccc(N3C[C@H]4C[C@@H](C3)N4C(=O)[C@@H]3CC3(F)F)n2)cn1. The van der Waals surface area contributed by atoms with Gasteiger partial charge in [-0.1, -0.05) is 0 Å². The topological polar surface area (TPSA) is 79.2 Å². The van der Waals surface area contributed by atoms with Gasteiger partial charge in [-0.05, 0) is 12.5 Å². The number of nitrogens with one attached hydrogen (secondary N) is 1. The first kappa shape index (κ1) is 16.4. The molecule has 0 unspecified atom stereocenters. The summed E-state index contributed by atoms with van der Waals surface area (Å²) in [6.45, 7) is 1.20. The number of aromatic nitrogens is 4. The fourth-order valence-corrected chi connectivity index (χ4v) is 4.02. The summed E-state index contributed by atoms with van der Waals surface area (Å²) in [6.07, 6.45) is 5.74. The molecule has 8 nitrogen and oxygen atoms in total. The van der Waals surface area contributed by atoms with E-state index in [1.54, 1.807) is 22.0 Å². The molecule has 3 aliphatic heterocycles. The Morgan fingerprint density at radius 3 is 2.70 bits per heavy atom. The third kappa shape index (κ3) is 2.79. The Labute approximate surface area is 154 Å². The van der Waals surface area contributed by atoms with Gasteiger partial charge in [0.05, 0.1) is 24.0 Å². The van der Waals surface area contributed by atoms with Crippen molar-refractivity contribution in [2.75, 3.05) is 23.3 Å². The molecule has 27 heavy (non-hydrogen) atoms. The maximum atomic E-state index is 13.2. The number of piperazine rings is 1. The number of piperidine rings is 1. The van der Waals surface area contributed by atoms with Gasteiger partial charge in [0.15, 0.2) is 0 Å². The van der Waals surface area contributed by atoms with Crippen molar-refractivity contribution in [2.24, 2.45) is 13.0 Å². The van der Waals surface area contributed by atoms with Crippen LogP contribution in [0.15, 0.2) is 24.7 Å². The number of carbonyl (C=O) groups is 1. The average Bonchev–Trinajstić information content (AvgIpc) is 3.09. The highest BCUT2D eigenvalue weighted by molar-refractivity contribution is 5.84. The summed E-state index contributed by atoms with van der Waals surface area (Å²) in [5, 5.41) is 7.20. The van der Waals surface area contributed by atoms with Gasteiger partial charge in [0, 0.05) is 39.0 Å². The van der Waals surface area contributed by atoms with Gasteiger partial charge in [-0.3, -0.25) is 9.48 Å². The molecule has 1 saturated carbocycles. The van der Waals surface area contributed by atoms with Gasteiger partial charge in [-0.15, -0.1) is 0 Å². The number of nitrogens with zero attached hydrogens (tertiary/aromatic N) is 6. The molecule has 6 rings (SSSR count). The molecule has 2 bridgehead atoms. The summed E-state index contributed by atoms with van der Waals surface area (Å²) in [4.78, 5) is 24.8. The van der Waals surface area contributed by atoms with Gasteiger partial charge in [-0.2, -0.15) is 10.1 Å². The molecule has 10 heteroatoms. The monoisotopic (exact) mass is 375 g/mol. The van der Waals surface area contributed by atoms with Crippen LogP contribution in [-0.4, -0.2) is 61.7 Å². The lowest BCUT2D eigenvalue weighted by Crippen LogP contribution is -2.70. The lowest BCUT2D eigenvalue weighted by atomic mass is 9.86. The number of alkyl halides is 2. The molecule has 0 radical (unpaired) electrons. The number of aryl methyl sites for hydroxylation is 1. The Morgan fingerprint density at radius 1 is 1.33 bits per heavy atom. The summed E-state index contributed by atoms with van der Waals surface area (Å²) in [7, 11) is 1.83. The predicted molar refractivity (Wildman–Crippen MR) is 92.8 cm³/mol. The van der Waals surface area contributed by atoms with Crippen LogP contribution in [0, 0.1) is 5.92 Å². The van der Waals surface area contributed by atoms with Crippen LogP contribution < -0.4 is 10.2 Å². The summed E-state index contributed by atoms with van der Waals surface area (Å²) >= 11 is 0. The van der Waals surface area contributed by atoms with Gasteiger partial charge in [0.25, 0.3) is 5.92 Å². The minimum absolute atomic E-state index is 0.0163. The minimum atomic E-state index is -2.81. The first-order valence-electron chi connectivity index (χ1n) is 8.94. The molecular weight excluding hydrogens is 356 g/mol. The first-order chi connectivity index (χ1) is 12.9. The van der Waals surface area contributed by atoms with Crippen LogP contribution >= 0.6 is 0 Å². The number of amides is 1. The van der Waals surface area contributed by atoms with Gasteiger partial charge in [0.1, 0.15) is 11.7 Å². The molecule has 5 heterocycles. The Hall–Kier alpha value is -2.78. The zero-order valence-electron chi connectivity index (χ0n) is 14.7. The summed E-state index contributed by atoms with van der Waals surface area (Å²) in [5.41, 5.74) is 0.790. The van der Waals surface area contributed by atoms with Crippen molar-refractivity contribution < 1.29 is 13.6 Å². The fourth-order valence-electron chi connectivity index (χ4n) is 4.02. The predicted octanol–water partition coefficient (Wildman–Crippen LogP) is 1.40.